The first kappa shape index (κ1) is 19.5. The van der Waals surface area contributed by atoms with Crippen molar-refractivity contribution in [3.8, 4) is 0 Å². The van der Waals surface area contributed by atoms with Crippen LogP contribution < -0.4 is 15.5 Å². The SMILES string of the molecule is CCOC(=O)N1CC[NH+]([C@H](C)C(=O)NC(=O)NC2CCCCC2)CC1. The van der Waals surface area contributed by atoms with Crippen molar-refractivity contribution in [2.75, 3.05) is 32.8 Å². The number of carbonyl (C=O) groups is 3. The molecule has 1 aliphatic carbocycles. The van der Waals surface area contributed by atoms with Gasteiger partial charge in [-0.3, -0.25) is 15.0 Å². The standard InChI is InChI=1S/C17H30N4O4/c1-3-25-17(24)21-11-9-20(10-12-21)13(2)15(22)19-16(23)18-14-7-5-4-6-8-14/h13-14H,3-12H2,1-2H3,(H2,18,19,22,23)/p+1/t13-/m1/s1. The van der Waals surface area contributed by atoms with E-state index in [4.69, 9.17) is 4.74 Å². The average molecular weight is 355 g/mol. The van der Waals surface area contributed by atoms with E-state index in [9.17, 15) is 14.4 Å². The third-order valence-corrected chi connectivity index (χ3v) is 5.11. The number of piperazine rings is 1. The second kappa shape index (κ2) is 9.60. The number of carbonyl (C=O) groups excluding carboxylic acids is 3. The molecule has 142 valence electrons. The Morgan fingerprint density at radius 1 is 1.16 bits per heavy atom. The molecule has 1 saturated carbocycles. The number of ether oxygens (including phenoxy) is 1. The van der Waals surface area contributed by atoms with Crippen LogP contribution in [0.15, 0.2) is 0 Å². The number of nitrogens with one attached hydrogen (secondary N) is 3. The van der Waals surface area contributed by atoms with E-state index in [0.29, 0.717) is 32.8 Å². The van der Waals surface area contributed by atoms with Gasteiger partial charge >= 0.3 is 12.1 Å². The minimum absolute atomic E-state index is 0.178. The first-order valence-corrected chi connectivity index (χ1v) is 9.39. The lowest BCUT2D eigenvalue weighted by molar-refractivity contribution is -0.917. The molecule has 1 aliphatic heterocycles. The van der Waals surface area contributed by atoms with Gasteiger partial charge in [-0.15, -0.1) is 0 Å². The summed E-state index contributed by atoms with van der Waals surface area (Å²) in [5.41, 5.74) is 0. The van der Waals surface area contributed by atoms with Crippen molar-refractivity contribution < 1.29 is 24.0 Å². The van der Waals surface area contributed by atoms with Crippen LogP contribution >= 0.6 is 0 Å². The summed E-state index contributed by atoms with van der Waals surface area (Å²) < 4.78 is 4.99. The van der Waals surface area contributed by atoms with Gasteiger partial charge in [0.2, 0.25) is 0 Å². The number of imide groups is 1. The minimum atomic E-state index is -0.395. The average Bonchev–Trinajstić information content (AvgIpc) is 2.62. The molecule has 0 aromatic carbocycles. The third kappa shape index (κ3) is 5.88. The maximum Gasteiger partial charge on any atom is 0.410 e. The van der Waals surface area contributed by atoms with Crippen molar-refractivity contribution >= 4 is 18.0 Å². The Morgan fingerprint density at radius 2 is 1.80 bits per heavy atom. The van der Waals surface area contributed by atoms with Crippen molar-refractivity contribution in [1.29, 1.82) is 0 Å². The van der Waals surface area contributed by atoms with Crippen LogP contribution in [0.5, 0.6) is 0 Å². The molecule has 2 rings (SSSR count). The molecule has 3 N–H and O–H groups in total. The highest BCUT2D eigenvalue weighted by molar-refractivity contribution is 5.96. The quantitative estimate of drug-likeness (QED) is 0.656. The summed E-state index contributed by atoms with van der Waals surface area (Å²) in [5, 5.41) is 5.36. The minimum Gasteiger partial charge on any atom is -0.450 e. The Morgan fingerprint density at radius 3 is 2.40 bits per heavy atom. The summed E-state index contributed by atoms with van der Waals surface area (Å²) >= 11 is 0. The smallest absolute Gasteiger partial charge is 0.410 e. The molecule has 0 unspecified atom stereocenters. The Labute approximate surface area is 149 Å². The molecule has 0 spiro atoms. The summed E-state index contributed by atoms with van der Waals surface area (Å²) in [6, 6.07) is -0.549. The van der Waals surface area contributed by atoms with Crippen LogP contribution in [-0.2, 0) is 9.53 Å². The van der Waals surface area contributed by atoms with Crippen molar-refractivity contribution in [1.82, 2.24) is 15.5 Å². The lowest BCUT2D eigenvalue weighted by Crippen LogP contribution is -3.19. The molecule has 2 aliphatic rings. The summed E-state index contributed by atoms with van der Waals surface area (Å²) in [6.07, 6.45) is 5.15. The maximum absolute atomic E-state index is 12.3. The fourth-order valence-electron chi connectivity index (χ4n) is 3.50. The molecule has 4 amide bonds. The predicted octanol–water partition coefficient (Wildman–Crippen LogP) is -0.110. The largest absolute Gasteiger partial charge is 0.450 e. The monoisotopic (exact) mass is 355 g/mol. The van der Waals surface area contributed by atoms with E-state index in [2.05, 4.69) is 10.6 Å². The van der Waals surface area contributed by atoms with Crippen LogP contribution in [-0.4, -0.2) is 67.8 Å². The van der Waals surface area contributed by atoms with Crippen LogP contribution in [0.3, 0.4) is 0 Å². The number of quaternary nitrogens is 1. The van der Waals surface area contributed by atoms with E-state index in [1.807, 2.05) is 6.92 Å². The highest BCUT2D eigenvalue weighted by atomic mass is 16.6. The van der Waals surface area contributed by atoms with Crippen molar-refractivity contribution in [2.24, 2.45) is 0 Å². The van der Waals surface area contributed by atoms with E-state index in [-0.39, 0.29) is 24.1 Å². The van der Waals surface area contributed by atoms with E-state index in [0.717, 1.165) is 30.6 Å². The molecule has 1 atom stereocenters. The normalized spacial score (nSPS) is 20.6. The van der Waals surface area contributed by atoms with Gasteiger partial charge in [0.1, 0.15) is 0 Å². The molecule has 0 radical (unpaired) electrons. The zero-order chi connectivity index (χ0) is 18.2. The molecular formula is C17H31N4O4+. The molecule has 25 heavy (non-hydrogen) atoms. The highest BCUT2D eigenvalue weighted by Gasteiger charge is 2.32. The maximum atomic E-state index is 12.3. The van der Waals surface area contributed by atoms with E-state index >= 15 is 0 Å². The molecule has 0 aromatic rings. The molecule has 1 heterocycles. The number of hydrogen-bond acceptors (Lipinski definition) is 4. The third-order valence-electron chi connectivity index (χ3n) is 5.11. The van der Waals surface area contributed by atoms with Gasteiger partial charge in [-0.1, -0.05) is 19.3 Å². The summed E-state index contributed by atoms with van der Waals surface area (Å²) in [7, 11) is 0. The highest BCUT2D eigenvalue weighted by Crippen LogP contribution is 2.17. The molecule has 1 saturated heterocycles. The van der Waals surface area contributed by atoms with Crippen LogP contribution in [0.25, 0.3) is 0 Å². The fraction of sp³-hybridized carbons (Fsp3) is 0.824. The molecule has 2 fully saturated rings. The zero-order valence-corrected chi connectivity index (χ0v) is 15.3. The summed E-state index contributed by atoms with van der Waals surface area (Å²) in [4.78, 5) is 38.8. The molecule has 0 aromatic heterocycles. The first-order chi connectivity index (χ1) is 12.0. The van der Waals surface area contributed by atoms with Gasteiger partial charge in [-0.05, 0) is 26.7 Å². The van der Waals surface area contributed by atoms with E-state index < -0.39 is 6.03 Å². The van der Waals surface area contributed by atoms with Gasteiger partial charge in [-0.2, -0.15) is 0 Å². The van der Waals surface area contributed by atoms with E-state index in [1.165, 1.54) is 6.42 Å². The Balaban J connectivity index is 1.72. The van der Waals surface area contributed by atoms with Crippen LogP contribution in [0.2, 0.25) is 0 Å². The van der Waals surface area contributed by atoms with E-state index in [1.54, 1.807) is 11.8 Å². The van der Waals surface area contributed by atoms with Crippen LogP contribution in [0.4, 0.5) is 9.59 Å². The predicted molar refractivity (Wildman–Crippen MR) is 92.3 cm³/mol. The lowest BCUT2D eigenvalue weighted by Gasteiger charge is -2.34. The van der Waals surface area contributed by atoms with Gasteiger partial charge in [0.15, 0.2) is 6.04 Å². The first-order valence-electron chi connectivity index (χ1n) is 9.39. The van der Waals surface area contributed by atoms with Gasteiger partial charge in [0.05, 0.1) is 32.8 Å². The van der Waals surface area contributed by atoms with Gasteiger partial charge < -0.3 is 15.0 Å². The van der Waals surface area contributed by atoms with Crippen molar-refractivity contribution in [3.05, 3.63) is 0 Å². The lowest BCUT2D eigenvalue weighted by atomic mass is 9.96. The van der Waals surface area contributed by atoms with Gasteiger partial charge in [0.25, 0.3) is 5.91 Å². The summed E-state index contributed by atoms with van der Waals surface area (Å²) in [5.74, 6) is -0.270. The number of rotatable bonds is 4. The van der Waals surface area contributed by atoms with Crippen molar-refractivity contribution in [2.45, 2.75) is 58.0 Å². The molecule has 0 bridgehead atoms. The Hall–Kier alpha value is -1.83. The summed E-state index contributed by atoms with van der Waals surface area (Å²) in [6.45, 7) is 6.40. The van der Waals surface area contributed by atoms with Crippen molar-refractivity contribution in [3.63, 3.8) is 0 Å². The molecule has 8 nitrogen and oxygen atoms in total. The number of hydrogen-bond donors (Lipinski definition) is 3. The number of amides is 4. The zero-order valence-electron chi connectivity index (χ0n) is 15.3. The molecular weight excluding hydrogens is 324 g/mol. The number of nitrogens with zero attached hydrogens (tertiary/aromatic N) is 1. The van der Waals surface area contributed by atoms with Gasteiger partial charge in [0, 0.05) is 6.04 Å². The topological polar surface area (TPSA) is 92.2 Å². The Bertz CT molecular complexity index is 471. The number of urea groups is 1. The van der Waals surface area contributed by atoms with Crippen LogP contribution in [0.1, 0.15) is 46.0 Å². The fourth-order valence-corrected chi connectivity index (χ4v) is 3.50. The molecule has 8 heteroatoms. The van der Waals surface area contributed by atoms with Crippen LogP contribution in [0, 0.1) is 0 Å². The van der Waals surface area contributed by atoms with Gasteiger partial charge in [-0.25, -0.2) is 9.59 Å². The second-order valence-electron chi connectivity index (χ2n) is 6.86. The second-order valence-corrected chi connectivity index (χ2v) is 6.86. The Kier molecular flexibility index (Phi) is 7.49.